The van der Waals surface area contributed by atoms with Gasteiger partial charge in [-0.1, -0.05) is 0 Å². The topological polar surface area (TPSA) is 29.3 Å². The van der Waals surface area contributed by atoms with Gasteiger partial charge in [-0.3, -0.25) is 0 Å². The quantitative estimate of drug-likeness (QED) is 0.622. The van der Waals surface area contributed by atoms with Crippen LogP contribution in [0.15, 0.2) is 0 Å². The molecule has 0 heterocycles. The van der Waals surface area contributed by atoms with Crippen molar-refractivity contribution in [2.45, 2.75) is 12.8 Å². The second-order valence-electron chi connectivity index (χ2n) is 2.30. The Hall–Kier alpha value is -0.220. The maximum Gasteiger partial charge on any atom is 0.251 e. The van der Waals surface area contributed by atoms with Crippen LogP contribution in [0.1, 0.15) is 6.42 Å². The number of hydrogen-bond donors (Lipinski definition) is 1. The molecule has 0 aromatic carbocycles. The predicted octanol–water partition coefficient (Wildman–Crippen LogP) is 0.532. The first-order chi connectivity index (χ1) is 4.66. The molecule has 10 heavy (non-hydrogen) atoms. The third kappa shape index (κ3) is 5.91. The number of nitrogens with two attached hydrogens (primary N) is 1. The molecular formula is C6H14F2N2. The molecule has 0 radical (unpaired) electrons. The highest BCUT2D eigenvalue weighted by molar-refractivity contribution is 4.52. The van der Waals surface area contributed by atoms with E-state index in [0.717, 1.165) is 6.42 Å². The van der Waals surface area contributed by atoms with Crippen LogP contribution in [0.3, 0.4) is 0 Å². The second kappa shape index (κ2) is 5.56. The Morgan fingerprint density at radius 3 is 2.50 bits per heavy atom. The summed E-state index contributed by atoms with van der Waals surface area (Å²) in [4.78, 5) is 1.58. The Labute approximate surface area is 60.0 Å². The molecule has 0 aromatic rings. The van der Waals surface area contributed by atoms with Crippen LogP contribution >= 0.6 is 0 Å². The molecular weight excluding hydrogens is 138 g/mol. The zero-order valence-corrected chi connectivity index (χ0v) is 6.19. The minimum absolute atomic E-state index is 0.153. The number of alkyl halides is 2. The van der Waals surface area contributed by atoms with Crippen molar-refractivity contribution in [1.82, 2.24) is 4.90 Å². The highest BCUT2D eigenvalue weighted by Crippen LogP contribution is 1.95. The van der Waals surface area contributed by atoms with Gasteiger partial charge in [0.15, 0.2) is 0 Å². The molecule has 0 unspecified atom stereocenters. The van der Waals surface area contributed by atoms with Crippen LogP contribution in [0.2, 0.25) is 0 Å². The molecule has 0 amide bonds. The fourth-order valence-corrected chi connectivity index (χ4v) is 0.688. The van der Waals surface area contributed by atoms with Crippen molar-refractivity contribution in [2.75, 3.05) is 26.7 Å². The van der Waals surface area contributed by atoms with Crippen molar-refractivity contribution in [1.29, 1.82) is 0 Å². The minimum atomic E-state index is -2.23. The van der Waals surface area contributed by atoms with Crippen LogP contribution in [0.4, 0.5) is 8.78 Å². The van der Waals surface area contributed by atoms with Crippen LogP contribution in [-0.2, 0) is 0 Å². The molecule has 0 atom stereocenters. The minimum Gasteiger partial charge on any atom is -0.330 e. The van der Waals surface area contributed by atoms with Crippen LogP contribution in [0, 0.1) is 0 Å². The average molecular weight is 152 g/mol. The van der Waals surface area contributed by atoms with E-state index < -0.39 is 6.43 Å². The lowest BCUT2D eigenvalue weighted by atomic mass is 10.4. The van der Waals surface area contributed by atoms with Crippen molar-refractivity contribution in [2.24, 2.45) is 5.73 Å². The molecule has 0 aliphatic carbocycles. The van der Waals surface area contributed by atoms with E-state index in [4.69, 9.17) is 5.73 Å². The van der Waals surface area contributed by atoms with Gasteiger partial charge in [0.25, 0.3) is 6.43 Å². The summed E-state index contributed by atoms with van der Waals surface area (Å²) in [5.74, 6) is 0. The summed E-state index contributed by atoms with van der Waals surface area (Å²) in [6.07, 6.45) is -1.45. The van der Waals surface area contributed by atoms with E-state index in [-0.39, 0.29) is 6.54 Å². The van der Waals surface area contributed by atoms with E-state index in [0.29, 0.717) is 13.1 Å². The molecule has 0 aromatic heterocycles. The smallest absolute Gasteiger partial charge is 0.251 e. The van der Waals surface area contributed by atoms with Crippen molar-refractivity contribution in [3.8, 4) is 0 Å². The summed E-state index contributed by atoms with van der Waals surface area (Å²) < 4.78 is 23.3. The molecule has 0 rings (SSSR count). The summed E-state index contributed by atoms with van der Waals surface area (Å²) in [7, 11) is 1.67. The highest BCUT2D eigenvalue weighted by Gasteiger charge is 2.05. The molecule has 2 N–H and O–H groups in total. The summed E-state index contributed by atoms with van der Waals surface area (Å²) in [5.41, 5.74) is 5.19. The molecule has 0 bridgehead atoms. The van der Waals surface area contributed by atoms with Crippen LogP contribution in [-0.4, -0.2) is 38.0 Å². The van der Waals surface area contributed by atoms with Crippen LogP contribution in [0.25, 0.3) is 0 Å². The summed E-state index contributed by atoms with van der Waals surface area (Å²) in [5, 5.41) is 0. The molecule has 62 valence electrons. The van der Waals surface area contributed by atoms with Crippen molar-refractivity contribution >= 4 is 0 Å². The van der Waals surface area contributed by atoms with Gasteiger partial charge in [-0.15, -0.1) is 0 Å². The first-order valence-electron chi connectivity index (χ1n) is 3.33. The van der Waals surface area contributed by atoms with Gasteiger partial charge >= 0.3 is 0 Å². The largest absolute Gasteiger partial charge is 0.330 e. The Balaban J connectivity index is 3.16. The van der Waals surface area contributed by atoms with Crippen LogP contribution in [0.5, 0.6) is 0 Å². The van der Waals surface area contributed by atoms with Crippen molar-refractivity contribution in [3.63, 3.8) is 0 Å². The van der Waals surface area contributed by atoms with Gasteiger partial charge in [0.2, 0.25) is 0 Å². The predicted molar refractivity (Wildman–Crippen MR) is 37.2 cm³/mol. The maximum absolute atomic E-state index is 11.6. The first kappa shape index (κ1) is 9.78. The number of halogens is 2. The molecule has 2 nitrogen and oxygen atoms in total. The maximum atomic E-state index is 11.6. The SMILES string of the molecule is CN(CCCN)CC(F)F. The van der Waals surface area contributed by atoms with Gasteiger partial charge in [0.1, 0.15) is 0 Å². The van der Waals surface area contributed by atoms with E-state index in [1.807, 2.05) is 0 Å². The van der Waals surface area contributed by atoms with Crippen molar-refractivity contribution in [3.05, 3.63) is 0 Å². The molecule has 0 aliphatic rings. The monoisotopic (exact) mass is 152 g/mol. The molecule has 4 heteroatoms. The lowest BCUT2D eigenvalue weighted by molar-refractivity contribution is 0.100. The summed E-state index contributed by atoms with van der Waals surface area (Å²) >= 11 is 0. The average Bonchev–Trinajstić information content (AvgIpc) is 1.82. The molecule has 0 aliphatic heterocycles. The van der Waals surface area contributed by atoms with Gasteiger partial charge in [0, 0.05) is 0 Å². The Morgan fingerprint density at radius 1 is 1.50 bits per heavy atom. The van der Waals surface area contributed by atoms with Gasteiger partial charge in [-0.2, -0.15) is 0 Å². The van der Waals surface area contributed by atoms with E-state index in [9.17, 15) is 8.78 Å². The van der Waals surface area contributed by atoms with E-state index in [1.165, 1.54) is 0 Å². The molecule has 0 saturated heterocycles. The standard InChI is InChI=1S/C6H14F2N2/c1-10(4-2-3-9)5-6(7)8/h6H,2-5,9H2,1H3. The van der Waals surface area contributed by atoms with Gasteiger partial charge in [-0.25, -0.2) is 8.78 Å². The van der Waals surface area contributed by atoms with E-state index in [2.05, 4.69) is 0 Å². The number of nitrogens with zero attached hydrogens (tertiary/aromatic N) is 1. The Kier molecular flexibility index (Phi) is 5.43. The summed E-state index contributed by atoms with van der Waals surface area (Å²) in [6, 6.07) is 0. The third-order valence-corrected chi connectivity index (χ3v) is 1.19. The zero-order chi connectivity index (χ0) is 7.98. The van der Waals surface area contributed by atoms with Gasteiger partial charge < -0.3 is 10.6 Å². The van der Waals surface area contributed by atoms with Gasteiger partial charge in [-0.05, 0) is 26.6 Å². The van der Waals surface area contributed by atoms with Gasteiger partial charge in [0.05, 0.1) is 6.54 Å². The lowest BCUT2D eigenvalue weighted by Crippen LogP contribution is -2.26. The first-order valence-corrected chi connectivity index (χ1v) is 3.33. The summed E-state index contributed by atoms with van der Waals surface area (Å²) in [6.45, 7) is 1.06. The molecule has 0 saturated carbocycles. The van der Waals surface area contributed by atoms with E-state index >= 15 is 0 Å². The number of rotatable bonds is 5. The highest BCUT2D eigenvalue weighted by atomic mass is 19.3. The fourth-order valence-electron chi connectivity index (χ4n) is 0.688. The zero-order valence-electron chi connectivity index (χ0n) is 6.19. The Morgan fingerprint density at radius 2 is 2.10 bits per heavy atom. The molecule has 0 fully saturated rings. The second-order valence-corrected chi connectivity index (χ2v) is 2.30. The normalized spacial score (nSPS) is 11.4. The van der Waals surface area contributed by atoms with E-state index in [1.54, 1.807) is 11.9 Å². The van der Waals surface area contributed by atoms with Crippen molar-refractivity contribution < 1.29 is 8.78 Å². The number of hydrogen-bond acceptors (Lipinski definition) is 2. The fraction of sp³-hybridized carbons (Fsp3) is 1.00. The third-order valence-electron chi connectivity index (χ3n) is 1.19. The Bertz CT molecular complexity index is 78.1. The van der Waals surface area contributed by atoms with Crippen LogP contribution < -0.4 is 5.73 Å². The lowest BCUT2D eigenvalue weighted by Gasteiger charge is -2.14. The molecule has 0 spiro atoms.